The molecule has 1 heterocycles. The largest absolute Gasteiger partial charge is 0.393 e. The minimum Gasteiger partial charge on any atom is -0.393 e. The fraction of sp³-hybridized carbons (Fsp3) is 0.357. The Labute approximate surface area is 106 Å². The number of aliphatic hydroxyl groups is 1. The molecule has 1 aliphatic carbocycles. The van der Waals surface area contributed by atoms with Gasteiger partial charge in [0.2, 0.25) is 0 Å². The van der Waals surface area contributed by atoms with Crippen LogP contribution in [0.15, 0.2) is 36.4 Å². The van der Waals surface area contributed by atoms with Crippen molar-refractivity contribution in [3.63, 3.8) is 0 Å². The first-order valence-electron chi connectivity index (χ1n) is 6.15. The Hall–Kier alpha value is -1.65. The van der Waals surface area contributed by atoms with E-state index >= 15 is 0 Å². The summed E-state index contributed by atoms with van der Waals surface area (Å²) in [6, 6.07) is 12.1. The van der Waals surface area contributed by atoms with E-state index in [-0.39, 0.29) is 6.10 Å². The van der Waals surface area contributed by atoms with Crippen LogP contribution in [0, 0.1) is 0 Å². The highest BCUT2D eigenvalue weighted by Gasteiger charge is 2.43. The molecule has 0 bridgehead atoms. The molecule has 3 rings (SSSR count). The zero-order valence-electron chi connectivity index (χ0n) is 10.4. The molecule has 3 N–H and O–H groups in total. The first-order chi connectivity index (χ1) is 8.58. The number of nitrogens with two attached hydrogens (primary N) is 1. The molecule has 94 valence electrons. The standard InChI is InChI=1S/C14H17N3O/c1-17-13(14(15)8-11(18)9-14)7-12(16-17)10-5-3-2-4-6-10/h2-7,11,18H,8-9,15H2,1H3. The van der Waals surface area contributed by atoms with Gasteiger partial charge in [-0.1, -0.05) is 30.3 Å². The lowest BCUT2D eigenvalue weighted by molar-refractivity contribution is 0.0170. The van der Waals surface area contributed by atoms with E-state index in [4.69, 9.17) is 5.73 Å². The van der Waals surface area contributed by atoms with Gasteiger partial charge in [0.05, 0.1) is 23.0 Å². The normalized spacial score (nSPS) is 26.9. The van der Waals surface area contributed by atoms with Crippen molar-refractivity contribution in [2.24, 2.45) is 12.8 Å². The molecule has 0 atom stereocenters. The molecule has 1 aromatic heterocycles. The monoisotopic (exact) mass is 243 g/mol. The van der Waals surface area contributed by atoms with Gasteiger partial charge in [-0.15, -0.1) is 0 Å². The second kappa shape index (κ2) is 3.93. The molecule has 0 saturated heterocycles. The predicted octanol–water partition coefficient (Wildman–Crippen LogP) is 1.40. The van der Waals surface area contributed by atoms with Gasteiger partial charge in [-0.2, -0.15) is 5.10 Å². The van der Waals surface area contributed by atoms with Crippen molar-refractivity contribution < 1.29 is 5.11 Å². The van der Waals surface area contributed by atoms with E-state index in [2.05, 4.69) is 5.10 Å². The smallest absolute Gasteiger partial charge is 0.0926 e. The Morgan fingerprint density at radius 1 is 1.33 bits per heavy atom. The SMILES string of the molecule is Cn1nc(-c2ccccc2)cc1C1(N)CC(O)C1. The van der Waals surface area contributed by atoms with Crippen molar-refractivity contribution in [3.8, 4) is 11.3 Å². The number of benzene rings is 1. The van der Waals surface area contributed by atoms with Crippen molar-refractivity contribution in [2.45, 2.75) is 24.5 Å². The molecule has 1 saturated carbocycles. The summed E-state index contributed by atoms with van der Waals surface area (Å²) in [7, 11) is 1.90. The van der Waals surface area contributed by atoms with E-state index in [1.54, 1.807) is 0 Å². The van der Waals surface area contributed by atoms with Crippen molar-refractivity contribution in [1.29, 1.82) is 0 Å². The second-order valence-electron chi connectivity index (χ2n) is 5.12. The third-order valence-electron chi connectivity index (χ3n) is 3.66. The van der Waals surface area contributed by atoms with Crippen LogP contribution in [0.25, 0.3) is 11.3 Å². The Kier molecular flexibility index (Phi) is 2.50. The number of aryl methyl sites for hydroxylation is 1. The Morgan fingerprint density at radius 3 is 2.61 bits per heavy atom. The predicted molar refractivity (Wildman–Crippen MR) is 69.8 cm³/mol. The third kappa shape index (κ3) is 1.74. The van der Waals surface area contributed by atoms with Crippen LogP contribution in [0.5, 0.6) is 0 Å². The minimum atomic E-state index is -0.422. The van der Waals surface area contributed by atoms with E-state index in [0.717, 1.165) is 17.0 Å². The molecular formula is C14H17N3O. The molecule has 18 heavy (non-hydrogen) atoms. The molecule has 0 spiro atoms. The van der Waals surface area contributed by atoms with Crippen LogP contribution >= 0.6 is 0 Å². The molecule has 0 aliphatic heterocycles. The molecule has 0 unspecified atom stereocenters. The third-order valence-corrected chi connectivity index (χ3v) is 3.66. The summed E-state index contributed by atoms with van der Waals surface area (Å²) in [6.45, 7) is 0. The van der Waals surface area contributed by atoms with Crippen LogP contribution < -0.4 is 5.73 Å². The highest BCUT2D eigenvalue weighted by atomic mass is 16.3. The summed E-state index contributed by atoms with van der Waals surface area (Å²) in [5.41, 5.74) is 8.87. The summed E-state index contributed by atoms with van der Waals surface area (Å²) < 4.78 is 1.83. The lowest BCUT2D eigenvalue weighted by Crippen LogP contribution is -2.52. The Bertz CT molecular complexity index is 556. The minimum absolute atomic E-state index is 0.273. The fourth-order valence-electron chi connectivity index (χ4n) is 2.67. The first-order valence-corrected chi connectivity index (χ1v) is 6.15. The fourth-order valence-corrected chi connectivity index (χ4v) is 2.67. The molecule has 2 aromatic rings. The maximum atomic E-state index is 9.45. The van der Waals surface area contributed by atoms with Gasteiger partial charge in [-0.3, -0.25) is 4.68 Å². The highest BCUT2D eigenvalue weighted by Crippen LogP contribution is 2.39. The van der Waals surface area contributed by atoms with Gasteiger partial charge in [-0.05, 0) is 18.9 Å². The zero-order chi connectivity index (χ0) is 12.8. The van der Waals surface area contributed by atoms with Crippen LogP contribution in [0.2, 0.25) is 0 Å². The van der Waals surface area contributed by atoms with Gasteiger partial charge in [-0.25, -0.2) is 0 Å². The van der Waals surface area contributed by atoms with E-state index < -0.39 is 5.54 Å². The second-order valence-corrected chi connectivity index (χ2v) is 5.12. The molecule has 4 nitrogen and oxygen atoms in total. The topological polar surface area (TPSA) is 64.1 Å². The number of nitrogens with zero attached hydrogens (tertiary/aromatic N) is 2. The summed E-state index contributed by atoms with van der Waals surface area (Å²) >= 11 is 0. The van der Waals surface area contributed by atoms with Gasteiger partial charge < -0.3 is 10.8 Å². The maximum Gasteiger partial charge on any atom is 0.0926 e. The van der Waals surface area contributed by atoms with E-state index in [0.29, 0.717) is 12.8 Å². The number of hydrogen-bond acceptors (Lipinski definition) is 3. The Balaban J connectivity index is 1.97. The molecule has 1 aliphatic rings. The van der Waals surface area contributed by atoms with Gasteiger partial charge in [0.1, 0.15) is 0 Å². The van der Waals surface area contributed by atoms with Crippen LogP contribution in [-0.2, 0) is 12.6 Å². The molecule has 0 radical (unpaired) electrons. The summed E-state index contributed by atoms with van der Waals surface area (Å²) in [6.07, 6.45) is 0.951. The lowest BCUT2D eigenvalue weighted by Gasteiger charge is -2.42. The van der Waals surface area contributed by atoms with E-state index in [1.807, 2.05) is 48.1 Å². The average Bonchev–Trinajstić information content (AvgIpc) is 2.71. The Morgan fingerprint density at radius 2 is 2.00 bits per heavy atom. The van der Waals surface area contributed by atoms with Gasteiger partial charge in [0.15, 0.2) is 0 Å². The maximum absolute atomic E-state index is 9.45. The molecule has 1 fully saturated rings. The summed E-state index contributed by atoms with van der Waals surface area (Å²) in [4.78, 5) is 0. The van der Waals surface area contributed by atoms with Gasteiger partial charge in [0, 0.05) is 12.6 Å². The van der Waals surface area contributed by atoms with Crippen LogP contribution in [0.1, 0.15) is 18.5 Å². The molecule has 0 amide bonds. The quantitative estimate of drug-likeness (QED) is 0.838. The molecule has 4 heteroatoms. The number of rotatable bonds is 2. The van der Waals surface area contributed by atoms with E-state index in [1.165, 1.54) is 0 Å². The average molecular weight is 243 g/mol. The van der Waals surface area contributed by atoms with Gasteiger partial charge in [0.25, 0.3) is 0 Å². The van der Waals surface area contributed by atoms with Crippen molar-refractivity contribution >= 4 is 0 Å². The van der Waals surface area contributed by atoms with Crippen molar-refractivity contribution in [3.05, 3.63) is 42.1 Å². The van der Waals surface area contributed by atoms with Crippen LogP contribution in [0.4, 0.5) is 0 Å². The van der Waals surface area contributed by atoms with Crippen molar-refractivity contribution in [2.75, 3.05) is 0 Å². The number of hydrogen-bond donors (Lipinski definition) is 2. The molecule has 1 aromatic carbocycles. The number of aromatic nitrogens is 2. The van der Waals surface area contributed by atoms with Crippen molar-refractivity contribution in [1.82, 2.24) is 9.78 Å². The lowest BCUT2D eigenvalue weighted by atomic mass is 9.73. The van der Waals surface area contributed by atoms with E-state index in [9.17, 15) is 5.11 Å². The number of aliphatic hydroxyl groups excluding tert-OH is 1. The van der Waals surface area contributed by atoms with Crippen LogP contribution in [0.3, 0.4) is 0 Å². The van der Waals surface area contributed by atoms with Crippen LogP contribution in [-0.4, -0.2) is 21.0 Å². The first kappa shape index (κ1) is 11.4. The molecular weight excluding hydrogens is 226 g/mol. The van der Waals surface area contributed by atoms with Gasteiger partial charge >= 0.3 is 0 Å². The summed E-state index contributed by atoms with van der Waals surface area (Å²) in [5, 5.41) is 14.0. The summed E-state index contributed by atoms with van der Waals surface area (Å²) in [5.74, 6) is 0. The highest BCUT2D eigenvalue weighted by molar-refractivity contribution is 5.59. The zero-order valence-corrected chi connectivity index (χ0v) is 10.4.